The van der Waals surface area contributed by atoms with Gasteiger partial charge >= 0.3 is 0 Å². The van der Waals surface area contributed by atoms with Gasteiger partial charge in [0.1, 0.15) is 5.82 Å². The fourth-order valence-corrected chi connectivity index (χ4v) is 3.50. The minimum absolute atomic E-state index is 0.152. The molecule has 1 heterocycles. The van der Waals surface area contributed by atoms with E-state index in [2.05, 4.69) is 9.97 Å². The highest BCUT2D eigenvalue weighted by molar-refractivity contribution is 7.92. The van der Waals surface area contributed by atoms with Crippen LogP contribution in [0.15, 0.2) is 41.6 Å². The van der Waals surface area contributed by atoms with Crippen LogP contribution in [-0.4, -0.2) is 24.9 Å². The van der Waals surface area contributed by atoms with Crippen molar-refractivity contribution in [3.05, 3.63) is 42.4 Å². The molecule has 114 valence electrons. The van der Waals surface area contributed by atoms with Crippen molar-refractivity contribution in [3.63, 3.8) is 0 Å². The summed E-state index contributed by atoms with van der Waals surface area (Å²) >= 11 is 0. The highest BCUT2D eigenvalue weighted by Crippen LogP contribution is 2.23. The van der Waals surface area contributed by atoms with Gasteiger partial charge in [-0.05, 0) is 18.6 Å². The zero-order chi connectivity index (χ0) is 15.3. The standard InChI is InChI=1S/C15H21N3O2S/c1-3-5-11-18(13-9-7-6-8-10-13)21(19,20)15-12-16-14(4-2)17-15/h6-10,12H,3-5,11H2,1-2H3,(H,16,17). The molecule has 1 aromatic carbocycles. The second-order valence-corrected chi connectivity index (χ2v) is 6.64. The van der Waals surface area contributed by atoms with Crippen LogP contribution >= 0.6 is 0 Å². The summed E-state index contributed by atoms with van der Waals surface area (Å²) in [6, 6.07) is 9.18. The summed E-state index contributed by atoms with van der Waals surface area (Å²) in [6.45, 7) is 4.44. The van der Waals surface area contributed by atoms with Crippen LogP contribution in [0.2, 0.25) is 0 Å². The normalized spacial score (nSPS) is 11.5. The van der Waals surface area contributed by atoms with Gasteiger partial charge in [-0.2, -0.15) is 8.42 Å². The summed E-state index contributed by atoms with van der Waals surface area (Å²) in [7, 11) is -3.60. The first-order chi connectivity index (χ1) is 10.1. The van der Waals surface area contributed by atoms with Gasteiger partial charge in [0.2, 0.25) is 0 Å². The molecule has 0 aliphatic carbocycles. The molecule has 21 heavy (non-hydrogen) atoms. The quantitative estimate of drug-likeness (QED) is 0.855. The van der Waals surface area contributed by atoms with Crippen molar-refractivity contribution < 1.29 is 8.42 Å². The number of sulfonamides is 1. The van der Waals surface area contributed by atoms with E-state index in [9.17, 15) is 8.42 Å². The van der Waals surface area contributed by atoms with Gasteiger partial charge in [0.05, 0.1) is 11.9 Å². The third-order valence-corrected chi connectivity index (χ3v) is 5.00. The summed E-state index contributed by atoms with van der Waals surface area (Å²) < 4.78 is 27.1. The summed E-state index contributed by atoms with van der Waals surface area (Å²) in [5.74, 6) is 0.678. The van der Waals surface area contributed by atoms with E-state index in [1.54, 1.807) is 0 Å². The van der Waals surface area contributed by atoms with E-state index in [-0.39, 0.29) is 5.03 Å². The van der Waals surface area contributed by atoms with E-state index in [0.717, 1.165) is 12.8 Å². The van der Waals surface area contributed by atoms with Crippen molar-refractivity contribution in [1.82, 2.24) is 9.97 Å². The number of rotatable bonds is 7. The number of nitrogens with one attached hydrogen (secondary N) is 1. The Hall–Kier alpha value is -1.82. The first kappa shape index (κ1) is 15.6. The lowest BCUT2D eigenvalue weighted by molar-refractivity contribution is 0.585. The van der Waals surface area contributed by atoms with Crippen molar-refractivity contribution in [2.75, 3.05) is 10.8 Å². The molecule has 0 unspecified atom stereocenters. The number of H-pyrrole nitrogens is 1. The number of para-hydroxylation sites is 1. The van der Waals surface area contributed by atoms with Gasteiger partial charge in [-0.1, -0.05) is 38.5 Å². The Morgan fingerprint density at radius 1 is 1.19 bits per heavy atom. The number of unbranched alkanes of at least 4 members (excludes halogenated alkanes) is 1. The lowest BCUT2D eigenvalue weighted by Crippen LogP contribution is -2.32. The fraction of sp³-hybridized carbons (Fsp3) is 0.400. The highest BCUT2D eigenvalue weighted by Gasteiger charge is 2.26. The molecule has 2 aromatic rings. The fourth-order valence-electron chi connectivity index (χ4n) is 2.06. The van der Waals surface area contributed by atoms with Gasteiger partial charge in [0.15, 0.2) is 5.03 Å². The summed E-state index contributed by atoms with van der Waals surface area (Å²) in [4.78, 5) is 6.98. The third-order valence-electron chi connectivity index (χ3n) is 3.27. The number of aromatic nitrogens is 2. The Morgan fingerprint density at radius 2 is 1.90 bits per heavy atom. The molecule has 0 bridgehead atoms. The van der Waals surface area contributed by atoms with Gasteiger partial charge in [0.25, 0.3) is 10.0 Å². The molecule has 0 amide bonds. The topological polar surface area (TPSA) is 66.1 Å². The number of hydrogen-bond acceptors (Lipinski definition) is 3. The van der Waals surface area contributed by atoms with Gasteiger partial charge in [-0.25, -0.2) is 4.98 Å². The van der Waals surface area contributed by atoms with E-state index in [1.807, 2.05) is 44.2 Å². The van der Waals surface area contributed by atoms with Crippen LogP contribution < -0.4 is 4.31 Å². The van der Waals surface area contributed by atoms with Crippen LogP contribution in [0.1, 0.15) is 32.5 Å². The molecule has 2 rings (SSSR count). The van der Waals surface area contributed by atoms with Crippen molar-refractivity contribution in [2.45, 2.75) is 38.1 Å². The second kappa shape index (κ2) is 6.76. The molecule has 0 aliphatic rings. The van der Waals surface area contributed by atoms with Crippen LogP contribution in [0.5, 0.6) is 0 Å². The third kappa shape index (κ3) is 3.44. The van der Waals surface area contributed by atoms with Gasteiger partial charge in [-0.3, -0.25) is 4.31 Å². The molecule has 0 radical (unpaired) electrons. The molecule has 0 spiro atoms. The first-order valence-corrected chi connectivity index (χ1v) is 8.65. The predicted octanol–water partition coefficient (Wildman–Crippen LogP) is 2.97. The molecular weight excluding hydrogens is 286 g/mol. The second-order valence-electron chi connectivity index (χ2n) is 4.81. The monoisotopic (exact) mass is 307 g/mol. The molecule has 5 nitrogen and oxygen atoms in total. The lowest BCUT2D eigenvalue weighted by atomic mass is 10.3. The number of imidazole rings is 1. The Balaban J connectivity index is 2.39. The highest BCUT2D eigenvalue weighted by atomic mass is 32.2. The average molecular weight is 307 g/mol. The van der Waals surface area contributed by atoms with Gasteiger partial charge < -0.3 is 4.98 Å². The maximum Gasteiger partial charge on any atom is 0.281 e. The number of hydrogen-bond donors (Lipinski definition) is 1. The molecule has 1 aromatic heterocycles. The molecular formula is C15H21N3O2S. The SMILES string of the molecule is CCCCN(c1ccccc1)S(=O)(=O)c1cnc(CC)[nH]1. The van der Waals surface area contributed by atoms with Crippen molar-refractivity contribution in [2.24, 2.45) is 0 Å². The van der Waals surface area contributed by atoms with Crippen LogP contribution in [0.25, 0.3) is 0 Å². The summed E-state index contributed by atoms with van der Waals surface area (Å²) in [5.41, 5.74) is 0.679. The number of aryl methyl sites for hydroxylation is 1. The lowest BCUT2D eigenvalue weighted by Gasteiger charge is -2.23. The van der Waals surface area contributed by atoms with E-state index < -0.39 is 10.0 Å². The zero-order valence-corrected chi connectivity index (χ0v) is 13.2. The minimum Gasteiger partial charge on any atom is -0.332 e. The maximum atomic E-state index is 12.8. The molecule has 0 saturated heterocycles. The minimum atomic E-state index is -3.60. The maximum absolute atomic E-state index is 12.8. The Morgan fingerprint density at radius 3 is 2.48 bits per heavy atom. The van der Waals surface area contributed by atoms with Crippen molar-refractivity contribution >= 4 is 15.7 Å². The van der Waals surface area contributed by atoms with Crippen molar-refractivity contribution in [1.29, 1.82) is 0 Å². The van der Waals surface area contributed by atoms with Crippen LogP contribution in [0.3, 0.4) is 0 Å². The van der Waals surface area contributed by atoms with E-state index in [0.29, 0.717) is 24.5 Å². The Bertz CT molecular complexity index is 665. The number of nitrogens with zero attached hydrogens (tertiary/aromatic N) is 2. The van der Waals surface area contributed by atoms with E-state index in [1.165, 1.54) is 10.5 Å². The molecule has 0 aliphatic heterocycles. The first-order valence-electron chi connectivity index (χ1n) is 7.21. The average Bonchev–Trinajstić information content (AvgIpc) is 2.98. The molecule has 0 saturated carbocycles. The van der Waals surface area contributed by atoms with Crippen molar-refractivity contribution in [3.8, 4) is 0 Å². The van der Waals surface area contributed by atoms with Crippen LogP contribution in [-0.2, 0) is 16.4 Å². The van der Waals surface area contributed by atoms with E-state index >= 15 is 0 Å². The van der Waals surface area contributed by atoms with E-state index in [4.69, 9.17) is 0 Å². The van der Waals surface area contributed by atoms with Gasteiger partial charge in [0, 0.05) is 13.0 Å². The number of anilines is 1. The molecule has 0 fully saturated rings. The van der Waals surface area contributed by atoms with Crippen LogP contribution in [0.4, 0.5) is 5.69 Å². The summed E-state index contributed by atoms with van der Waals surface area (Å²) in [6.07, 6.45) is 3.82. The number of benzene rings is 1. The van der Waals surface area contributed by atoms with Gasteiger partial charge in [-0.15, -0.1) is 0 Å². The summed E-state index contributed by atoms with van der Waals surface area (Å²) in [5, 5.41) is 0.152. The number of aromatic amines is 1. The molecule has 6 heteroatoms. The molecule has 0 atom stereocenters. The Kier molecular flexibility index (Phi) is 5.01. The van der Waals surface area contributed by atoms with Crippen LogP contribution in [0, 0.1) is 0 Å². The Labute approximate surface area is 126 Å². The largest absolute Gasteiger partial charge is 0.332 e. The zero-order valence-electron chi connectivity index (χ0n) is 12.4. The predicted molar refractivity (Wildman–Crippen MR) is 83.8 cm³/mol. The molecule has 1 N–H and O–H groups in total. The smallest absolute Gasteiger partial charge is 0.281 e.